The Morgan fingerprint density at radius 2 is 2.12 bits per heavy atom. The number of hydrogen-bond donors (Lipinski definition) is 1. The number of rotatable bonds is 7. The lowest BCUT2D eigenvalue weighted by molar-refractivity contribution is -0.0504. The highest BCUT2D eigenvalue weighted by Crippen LogP contribution is 2.19. The van der Waals surface area contributed by atoms with Crippen LogP contribution in [-0.4, -0.2) is 13.2 Å². The van der Waals surface area contributed by atoms with Crippen LogP contribution in [0.1, 0.15) is 12.0 Å². The summed E-state index contributed by atoms with van der Waals surface area (Å²) in [7, 11) is 0. The first-order valence-electron chi connectivity index (χ1n) is 5.08. The van der Waals surface area contributed by atoms with E-state index < -0.39 is 6.61 Å². The first-order chi connectivity index (χ1) is 7.74. The largest absolute Gasteiger partial charge is 0.434 e. The zero-order chi connectivity index (χ0) is 11.8. The fourth-order valence-electron chi connectivity index (χ4n) is 1.29. The highest BCUT2D eigenvalue weighted by Gasteiger charge is 2.07. The van der Waals surface area contributed by atoms with Gasteiger partial charge in [0.15, 0.2) is 0 Å². The van der Waals surface area contributed by atoms with Gasteiger partial charge in [0.2, 0.25) is 0 Å². The average Bonchev–Trinajstić information content (AvgIpc) is 2.26. The number of hydrogen-bond acceptors (Lipinski definition) is 2. The summed E-state index contributed by atoms with van der Waals surface area (Å²) < 4.78 is 28.6. The highest BCUT2D eigenvalue weighted by atomic mass is 19.3. The van der Waals surface area contributed by atoms with Crippen LogP contribution >= 0.6 is 0 Å². The van der Waals surface area contributed by atoms with E-state index in [4.69, 9.17) is 0 Å². The van der Waals surface area contributed by atoms with Crippen LogP contribution in [0.2, 0.25) is 0 Å². The quantitative estimate of drug-likeness (QED) is 0.571. The number of nitrogens with one attached hydrogen (secondary N) is 1. The van der Waals surface area contributed by atoms with Crippen molar-refractivity contribution >= 4 is 0 Å². The molecular formula is C12H15F2NO. The number of halogens is 2. The van der Waals surface area contributed by atoms with Crippen LogP contribution in [0.25, 0.3) is 0 Å². The van der Waals surface area contributed by atoms with Gasteiger partial charge in [-0.3, -0.25) is 0 Å². The number of benzene rings is 1. The zero-order valence-electron chi connectivity index (χ0n) is 8.96. The second-order valence-corrected chi connectivity index (χ2v) is 3.24. The Labute approximate surface area is 93.9 Å². The predicted molar refractivity (Wildman–Crippen MR) is 59.6 cm³/mol. The van der Waals surface area contributed by atoms with E-state index in [9.17, 15) is 8.78 Å². The maximum Gasteiger partial charge on any atom is 0.387 e. The van der Waals surface area contributed by atoms with Gasteiger partial charge < -0.3 is 10.1 Å². The van der Waals surface area contributed by atoms with Crippen molar-refractivity contribution in [3.63, 3.8) is 0 Å². The van der Waals surface area contributed by atoms with Gasteiger partial charge in [0.25, 0.3) is 0 Å². The van der Waals surface area contributed by atoms with Gasteiger partial charge in [0.05, 0.1) is 0 Å². The van der Waals surface area contributed by atoms with Crippen molar-refractivity contribution in [3.05, 3.63) is 42.5 Å². The molecular weight excluding hydrogens is 212 g/mol. The molecule has 0 amide bonds. The van der Waals surface area contributed by atoms with Crippen molar-refractivity contribution < 1.29 is 13.5 Å². The minimum Gasteiger partial charge on any atom is -0.434 e. The van der Waals surface area contributed by atoms with Crippen molar-refractivity contribution in [2.24, 2.45) is 0 Å². The lowest BCUT2D eigenvalue weighted by Crippen LogP contribution is -2.15. The van der Waals surface area contributed by atoms with Gasteiger partial charge in [0, 0.05) is 12.1 Å². The Hall–Kier alpha value is -1.42. The Morgan fingerprint density at radius 3 is 2.81 bits per heavy atom. The monoisotopic (exact) mass is 227 g/mol. The third-order valence-corrected chi connectivity index (χ3v) is 2.03. The molecule has 88 valence electrons. The Balaban J connectivity index is 2.53. The van der Waals surface area contributed by atoms with Crippen molar-refractivity contribution in [2.75, 3.05) is 6.54 Å². The van der Waals surface area contributed by atoms with Crippen LogP contribution in [0.3, 0.4) is 0 Å². The third-order valence-electron chi connectivity index (χ3n) is 2.03. The maximum absolute atomic E-state index is 12.1. The Kier molecular flexibility index (Phi) is 5.50. The van der Waals surface area contributed by atoms with Gasteiger partial charge in [0.1, 0.15) is 5.75 Å². The van der Waals surface area contributed by atoms with E-state index in [1.807, 2.05) is 0 Å². The summed E-state index contributed by atoms with van der Waals surface area (Å²) in [5, 5.41) is 3.12. The molecule has 0 unspecified atom stereocenters. The Morgan fingerprint density at radius 1 is 1.38 bits per heavy atom. The van der Waals surface area contributed by atoms with E-state index in [1.54, 1.807) is 24.3 Å². The van der Waals surface area contributed by atoms with Gasteiger partial charge in [-0.1, -0.05) is 24.3 Å². The molecule has 0 aliphatic heterocycles. The molecule has 0 aliphatic carbocycles. The minimum atomic E-state index is -2.78. The number of para-hydroxylation sites is 1. The van der Waals surface area contributed by atoms with Gasteiger partial charge in [-0.05, 0) is 19.0 Å². The lowest BCUT2D eigenvalue weighted by atomic mass is 10.2. The summed E-state index contributed by atoms with van der Waals surface area (Å²) in [6, 6.07) is 6.77. The molecule has 1 aromatic carbocycles. The summed E-state index contributed by atoms with van der Waals surface area (Å²) >= 11 is 0. The van der Waals surface area contributed by atoms with E-state index in [-0.39, 0.29) is 5.75 Å². The smallest absolute Gasteiger partial charge is 0.387 e. The van der Waals surface area contributed by atoms with Crippen LogP contribution < -0.4 is 10.1 Å². The second-order valence-electron chi connectivity index (χ2n) is 3.24. The molecule has 4 heteroatoms. The molecule has 0 saturated carbocycles. The van der Waals surface area contributed by atoms with Gasteiger partial charge in [-0.25, -0.2) is 0 Å². The van der Waals surface area contributed by atoms with Gasteiger partial charge in [-0.15, -0.1) is 6.58 Å². The van der Waals surface area contributed by atoms with Gasteiger partial charge >= 0.3 is 6.61 Å². The maximum atomic E-state index is 12.1. The van der Waals surface area contributed by atoms with Gasteiger partial charge in [-0.2, -0.15) is 8.78 Å². The SMILES string of the molecule is C=CCCNCc1ccccc1OC(F)F. The molecule has 0 aromatic heterocycles. The molecule has 2 nitrogen and oxygen atoms in total. The topological polar surface area (TPSA) is 21.3 Å². The molecule has 0 atom stereocenters. The van der Waals surface area contributed by atoms with E-state index in [0.717, 1.165) is 18.5 Å². The van der Waals surface area contributed by atoms with Crippen LogP contribution in [0.5, 0.6) is 5.75 Å². The molecule has 0 fully saturated rings. The molecule has 0 bridgehead atoms. The summed E-state index contributed by atoms with van der Waals surface area (Å²) in [6.45, 7) is 2.10. The molecule has 0 spiro atoms. The standard InChI is InChI=1S/C12H15F2NO/c1-2-3-8-15-9-10-6-4-5-7-11(10)16-12(13)14/h2,4-7,12,15H,1,3,8-9H2. The van der Waals surface area contributed by atoms with Crippen LogP contribution in [0.4, 0.5) is 8.78 Å². The summed E-state index contributed by atoms with van der Waals surface area (Å²) in [6.07, 6.45) is 2.65. The van der Waals surface area contributed by atoms with Crippen LogP contribution in [0, 0.1) is 0 Å². The van der Waals surface area contributed by atoms with Crippen molar-refractivity contribution in [2.45, 2.75) is 19.6 Å². The normalized spacial score (nSPS) is 10.4. The Bertz CT molecular complexity index is 329. The van der Waals surface area contributed by atoms with Crippen LogP contribution in [-0.2, 0) is 6.54 Å². The molecule has 0 heterocycles. The first kappa shape index (κ1) is 12.6. The minimum absolute atomic E-state index is 0.226. The van der Waals surface area contributed by atoms with E-state index in [1.165, 1.54) is 6.07 Å². The second kappa shape index (κ2) is 6.95. The first-order valence-corrected chi connectivity index (χ1v) is 5.08. The zero-order valence-corrected chi connectivity index (χ0v) is 8.96. The van der Waals surface area contributed by atoms with E-state index >= 15 is 0 Å². The molecule has 1 rings (SSSR count). The molecule has 1 N–H and O–H groups in total. The van der Waals surface area contributed by atoms with Crippen LogP contribution in [0.15, 0.2) is 36.9 Å². The molecule has 0 saturated heterocycles. The number of ether oxygens (including phenoxy) is 1. The van der Waals surface area contributed by atoms with Crippen molar-refractivity contribution in [1.82, 2.24) is 5.32 Å². The summed E-state index contributed by atoms with van der Waals surface area (Å²) in [5.74, 6) is 0.226. The predicted octanol–water partition coefficient (Wildman–Crippen LogP) is 2.95. The molecule has 1 aromatic rings. The van der Waals surface area contributed by atoms with E-state index in [2.05, 4.69) is 16.6 Å². The third kappa shape index (κ3) is 4.40. The average molecular weight is 227 g/mol. The van der Waals surface area contributed by atoms with Crippen molar-refractivity contribution in [1.29, 1.82) is 0 Å². The molecule has 0 radical (unpaired) electrons. The fraction of sp³-hybridized carbons (Fsp3) is 0.333. The summed E-state index contributed by atoms with van der Waals surface area (Å²) in [4.78, 5) is 0. The fourth-order valence-corrected chi connectivity index (χ4v) is 1.29. The lowest BCUT2D eigenvalue weighted by Gasteiger charge is -2.10. The van der Waals surface area contributed by atoms with Crippen molar-refractivity contribution in [3.8, 4) is 5.75 Å². The molecule has 16 heavy (non-hydrogen) atoms. The summed E-state index contributed by atoms with van der Waals surface area (Å²) in [5.41, 5.74) is 0.729. The number of alkyl halides is 2. The highest BCUT2D eigenvalue weighted by molar-refractivity contribution is 5.33. The van der Waals surface area contributed by atoms with E-state index in [0.29, 0.717) is 6.54 Å². The molecule has 0 aliphatic rings.